The molecule has 10 heteroatoms. The van der Waals surface area contributed by atoms with E-state index in [1.165, 1.54) is 19.2 Å². The number of benzene rings is 1. The smallest absolute Gasteiger partial charge is 0.416 e. The van der Waals surface area contributed by atoms with Crippen molar-refractivity contribution in [2.45, 2.75) is 88.6 Å². The van der Waals surface area contributed by atoms with Crippen LogP contribution >= 0.6 is 0 Å². The number of methoxy groups -OCH3 is 1. The molecule has 214 valence electrons. The number of esters is 1. The average molecular weight is 545 g/mol. The molecule has 2 fully saturated rings. The number of hydrogen-bond donors (Lipinski definition) is 1. The second-order valence-corrected chi connectivity index (χ2v) is 9.74. The summed E-state index contributed by atoms with van der Waals surface area (Å²) in [6.45, 7) is 0.894. The Morgan fingerprint density at radius 1 is 1.18 bits per heavy atom. The van der Waals surface area contributed by atoms with E-state index in [4.69, 9.17) is 18.9 Å². The number of aliphatic hydroxyl groups excluding tert-OH is 1. The zero-order valence-electron chi connectivity index (χ0n) is 21.9. The summed E-state index contributed by atoms with van der Waals surface area (Å²) in [7, 11) is 1.39. The summed E-state index contributed by atoms with van der Waals surface area (Å²) in [5.74, 6) is -0.272. The predicted octanol–water partition coefficient (Wildman–Crippen LogP) is 5.44. The van der Waals surface area contributed by atoms with E-state index in [1.54, 1.807) is 6.08 Å². The molecule has 0 saturated carbocycles. The van der Waals surface area contributed by atoms with E-state index in [0.717, 1.165) is 63.5 Å². The van der Waals surface area contributed by atoms with Gasteiger partial charge in [-0.3, -0.25) is 4.79 Å². The molecule has 3 rings (SSSR count). The Balaban J connectivity index is 1.53. The summed E-state index contributed by atoms with van der Waals surface area (Å²) in [5, 5.41) is 10.5. The van der Waals surface area contributed by atoms with E-state index < -0.39 is 17.8 Å². The number of halogens is 3. The van der Waals surface area contributed by atoms with Crippen molar-refractivity contribution in [1.82, 2.24) is 0 Å². The number of ether oxygens (including phenoxy) is 5. The van der Waals surface area contributed by atoms with Crippen LogP contribution in [0.5, 0.6) is 5.75 Å². The van der Waals surface area contributed by atoms with Crippen LogP contribution in [-0.2, 0) is 29.9 Å². The van der Waals surface area contributed by atoms with E-state index in [9.17, 15) is 23.1 Å². The van der Waals surface area contributed by atoms with Crippen LogP contribution in [0.3, 0.4) is 0 Å². The molecular formula is C28H39F3O7. The fraction of sp³-hybridized carbons (Fsp3) is 0.679. The lowest BCUT2D eigenvalue weighted by Crippen LogP contribution is -2.33. The monoisotopic (exact) mass is 544 g/mol. The van der Waals surface area contributed by atoms with E-state index in [0.29, 0.717) is 19.6 Å². The number of rotatable bonds is 14. The van der Waals surface area contributed by atoms with Crippen LogP contribution in [0.1, 0.15) is 63.4 Å². The summed E-state index contributed by atoms with van der Waals surface area (Å²) >= 11 is 0. The first-order valence-electron chi connectivity index (χ1n) is 13.4. The number of carbonyl (C=O) groups is 1. The minimum absolute atomic E-state index is 0.0391. The molecule has 2 unspecified atom stereocenters. The molecule has 38 heavy (non-hydrogen) atoms. The lowest BCUT2D eigenvalue weighted by atomic mass is 9.93. The van der Waals surface area contributed by atoms with Gasteiger partial charge in [-0.15, -0.1) is 0 Å². The maximum absolute atomic E-state index is 12.9. The van der Waals surface area contributed by atoms with Crippen LogP contribution in [0.2, 0.25) is 0 Å². The molecule has 0 amide bonds. The van der Waals surface area contributed by atoms with Gasteiger partial charge in [0.25, 0.3) is 0 Å². The zero-order valence-corrected chi connectivity index (χ0v) is 21.9. The molecule has 1 N–H and O–H groups in total. The van der Waals surface area contributed by atoms with Crippen LogP contribution in [0.25, 0.3) is 0 Å². The highest BCUT2D eigenvalue weighted by molar-refractivity contribution is 5.68. The lowest BCUT2D eigenvalue weighted by Gasteiger charge is -2.28. The molecule has 0 bridgehead atoms. The summed E-state index contributed by atoms with van der Waals surface area (Å²) < 4.78 is 66.9. The zero-order chi connectivity index (χ0) is 27.4. The molecule has 0 spiro atoms. The molecule has 1 aromatic carbocycles. The van der Waals surface area contributed by atoms with Crippen LogP contribution in [0.15, 0.2) is 36.4 Å². The van der Waals surface area contributed by atoms with Crippen LogP contribution < -0.4 is 4.74 Å². The Morgan fingerprint density at radius 3 is 2.74 bits per heavy atom. The van der Waals surface area contributed by atoms with Crippen LogP contribution in [0, 0.1) is 5.92 Å². The van der Waals surface area contributed by atoms with E-state index in [2.05, 4.69) is 4.74 Å². The fourth-order valence-electron chi connectivity index (χ4n) is 4.67. The van der Waals surface area contributed by atoms with Gasteiger partial charge in [0.05, 0.1) is 31.5 Å². The van der Waals surface area contributed by atoms with Gasteiger partial charge in [0.15, 0.2) is 6.29 Å². The highest BCUT2D eigenvalue weighted by atomic mass is 19.4. The first-order chi connectivity index (χ1) is 18.3. The second kappa shape index (κ2) is 15.5. The fourth-order valence-corrected chi connectivity index (χ4v) is 4.67. The van der Waals surface area contributed by atoms with Gasteiger partial charge in [0, 0.05) is 18.9 Å². The van der Waals surface area contributed by atoms with Crippen molar-refractivity contribution in [2.75, 3.05) is 26.9 Å². The van der Waals surface area contributed by atoms with Gasteiger partial charge in [-0.25, -0.2) is 0 Å². The molecule has 0 aromatic heterocycles. The van der Waals surface area contributed by atoms with Gasteiger partial charge in [0.2, 0.25) is 0 Å². The molecule has 7 nitrogen and oxygen atoms in total. The van der Waals surface area contributed by atoms with Crippen molar-refractivity contribution >= 4 is 5.97 Å². The maximum Gasteiger partial charge on any atom is 0.416 e. The molecule has 2 aliphatic heterocycles. The van der Waals surface area contributed by atoms with E-state index in [1.807, 2.05) is 6.08 Å². The number of alkyl halides is 3. The van der Waals surface area contributed by atoms with Crippen molar-refractivity contribution in [3.8, 4) is 5.75 Å². The minimum Gasteiger partial charge on any atom is -0.491 e. The van der Waals surface area contributed by atoms with Crippen molar-refractivity contribution in [3.05, 3.63) is 42.0 Å². The number of unbranched alkanes of at least 4 members (excludes halogenated alkanes) is 3. The topological polar surface area (TPSA) is 83.5 Å². The van der Waals surface area contributed by atoms with Gasteiger partial charge >= 0.3 is 12.1 Å². The highest BCUT2D eigenvalue weighted by Crippen LogP contribution is 2.33. The van der Waals surface area contributed by atoms with E-state index in [-0.39, 0.29) is 42.7 Å². The quantitative estimate of drug-likeness (QED) is 0.190. The normalized spacial score (nSPS) is 25.0. The molecule has 0 aliphatic carbocycles. The standard InChI is InChI=1S/C28H39F3O7/c1-34-26(33)12-5-3-2-4-11-24-23(25(19-37-24)38-27-13-6-7-16-35-27)15-14-21(32)18-36-22-10-8-9-20(17-22)28(29,30)31/h8-10,14-15,17,21,23-25,27,32H,2-7,11-13,16,18-19H2,1H3/t21?,23-,24-,25-,27?/m0/s1. The predicted molar refractivity (Wildman–Crippen MR) is 133 cm³/mol. The van der Waals surface area contributed by atoms with Crippen molar-refractivity contribution in [3.63, 3.8) is 0 Å². The van der Waals surface area contributed by atoms with Gasteiger partial charge < -0.3 is 28.8 Å². The molecule has 2 aliphatic rings. The first kappa shape index (κ1) is 30.4. The third kappa shape index (κ3) is 10.2. The Bertz CT molecular complexity index is 870. The number of carbonyl (C=O) groups excluding carboxylic acids is 1. The Kier molecular flexibility index (Phi) is 12.4. The average Bonchev–Trinajstić information content (AvgIpc) is 3.29. The highest BCUT2D eigenvalue weighted by Gasteiger charge is 2.38. The summed E-state index contributed by atoms with van der Waals surface area (Å²) in [6.07, 6.45) is 5.05. The first-order valence-corrected chi connectivity index (χ1v) is 13.4. The van der Waals surface area contributed by atoms with Gasteiger partial charge in [-0.05, 0) is 50.3 Å². The third-order valence-corrected chi connectivity index (χ3v) is 6.78. The Labute approximate surface area is 222 Å². The maximum atomic E-state index is 12.9. The van der Waals surface area contributed by atoms with Gasteiger partial charge in [-0.1, -0.05) is 37.5 Å². The Morgan fingerprint density at radius 2 is 2.00 bits per heavy atom. The van der Waals surface area contributed by atoms with E-state index >= 15 is 0 Å². The summed E-state index contributed by atoms with van der Waals surface area (Å²) in [6, 6.07) is 4.58. The summed E-state index contributed by atoms with van der Waals surface area (Å²) in [4.78, 5) is 11.3. The SMILES string of the molecule is COC(=O)CCCCCC[C@@H]1OC[C@H](OC2CCCCO2)[C@H]1C=CC(O)COc1cccc(C(F)(F)F)c1. The van der Waals surface area contributed by atoms with Crippen LogP contribution in [0.4, 0.5) is 13.2 Å². The van der Waals surface area contributed by atoms with Crippen molar-refractivity contribution in [2.24, 2.45) is 5.92 Å². The second-order valence-electron chi connectivity index (χ2n) is 9.74. The third-order valence-electron chi connectivity index (χ3n) is 6.78. The number of hydrogen-bond acceptors (Lipinski definition) is 7. The van der Waals surface area contributed by atoms with Gasteiger partial charge in [0.1, 0.15) is 18.5 Å². The minimum atomic E-state index is -4.46. The molecule has 0 radical (unpaired) electrons. The molecule has 5 atom stereocenters. The number of aliphatic hydroxyl groups is 1. The lowest BCUT2D eigenvalue weighted by molar-refractivity contribution is -0.191. The largest absolute Gasteiger partial charge is 0.491 e. The molecule has 1 aromatic rings. The molecule has 2 heterocycles. The van der Waals surface area contributed by atoms with Crippen molar-refractivity contribution in [1.29, 1.82) is 0 Å². The van der Waals surface area contributed by atoms with Crippen LogP contribution in [-0.4, -0.2) is 62.6 Å². The summed E-state index contributed by atoms with van der Waals surface area (Å²) in [5.41, 5.74) is -0.804. The van der Waals surface area contributed by atoms with Gasteiger partial charge in [-0.2, -0.15) is 13.2 Å². The molecular weight excluding hydrogens is 505 g/mol. The Hall–Kier alpha value is -2.14. The molecule has 2 saturated heterocycles. The van der Waals surface area contributed by atoms with Crippen molar-refractivity contribution < 1.29 is 46.8 Å².